The molecule has 1 spiro atoms. The van der Waals surface area contributed by atoms with Crippen LogP contribution in [0, 0.1) is 39.9 Å². The highest BCUT2D eigenvalue weighted by Gasteiger charge is 2.76. The number of aliphatic hydroxyl groups excluding tert-OH is 1. The molecule has 0 aromatic heterocycles. The molecular formula is C23H36O3. The number of methoxy groups -OCH3 is 1. The standard InChI is InChI=1S/C23H36O3/c1-14-20(25)21(2,15-6-4-5-7-15)13-18(24)23-12-16(23)8-10-22(14)11-9-17(26-3)19(22)23/h14-19,24H,4-13H2,1-3H3/t14-,16-,17+,18+,19?,21-,22?,23-/m0/s1. The minimum Gasteiger partial charge on any atom is -0.392 e. The van der Waals surface area contributed by atoms with Gasteiger partial charge in [-0.1, -0.05) is 26.7 Å². The fourth-order valence-electron chi connectivity index (χ4n) is 8.78. The lowest BCUT2D eigenvalue weighted by molar-refractivity contribution is -0.164. The molecule has 5 aliphatic rings. The van der Waals surface area contributed by atoms with Crippen molar-refractivity contribution in [2.24, 2.45) is 39.9 Å². The summed E-state index contributed by atoms with van der Waals surface area (Å²) < 4.78 is 5.96. The van der Waals surface area contributed by atoms with E-state index in [4.69, 9.17) is 4.74 Å². The van der Waals surface area contributed by atoms with E-state index >= 15 is 0 Å². The van der Waals surface area contributed by atoms with Crippen molar-refractivity contribution in [3.63, 3.8) is 0 Å². The average Bonchev–Trinajstić information content (AvgIpc) is 3.00. The van der Waals surface area contributed by atoms with Crippen molar-refractivity contribution in [2.75, 3.05) is 7.11 Å². The molecule has 5 saturated carbocycles. The Balaban J connectivity index is 1.62. The number of hydrogen-bond acceptors (Lipinski definition) is 3. The van der Waals surface area contributed by atoms with Gasteiger partial charge >= 0.3 is 0 Å². The summed E-state index contributed by atoms with van der Waals surface area (Å²) in [5, 5.41) is 11.6. The zero-order valence-electron chi connectivity index (χ0n) is 16.8. The second kappa shape index (κ2) is 5.56. The van der Waals surface area contributed by atoms with E-state index in [2.05, 4.69) is 13.8 Å². The van der Waals surface area contributed by atoms with Crippen molar-refractivity contribution >= 4 is 5.78 Å². The summed E-state index contributed by atoms with van der Waals surface area (Å²) in [6.07, 6.45) is 11.2. The predicted molar refractivity (Wildman–Crippen MR) is 101 cm³/mol. The highest BCUT2D eigenvalue weighted by molar-refractivity contribution is 5.88. The number of ketones is 1. The van der Waals surface area contributed by atoms with E-state index in [-0.39, 0.29) is 34.4 Å². The van der Waals surface area contributed by atoms with Gasteiger partial charge in [0.05, 0.1) is 12.2 Å². The van der Waals surface area contributed by atoms with E-state index in [0.717, 1.165) is 12.8 Å². The molecule has 0 saturated heterocycles. The summed E-state index contributed by atoms with van der Waals surface area (Å²) in [5.74, 6) is 2.12. The average molecular weight is 361 g/mol. The molecule has 3 heteroatoms. The molecule has 1 N–H and O–H groups in total. The van der Waals surface area contributed by atoms with Crippen molar-refractivity contribution < 1.29 is 14.6 Å². The number of hydrogen-bond donors (Lipinski definition) is 1. The van der Waals surface area contributed by atoms with Crippen LogP contribution in [0.4, 0.5) is 0 Å². The third-order valence-electron chi connectivity index (χ3n) is 10.2. The quantitative estimate of drug-likeness (QED) is 0.796. The monoisotopic (exact) mass is 360 g/mol. The van der Waals surface area contributed by atoms with Gasteiger partial charge in [-0.2, -0.15) is 0 Å². The number of carbonyl (C=O) groups is 1. The van der Waals surface area contributed by atoms with Gasteiger partial charge in [0.15, 0.2) is 0 Å². The Morgan fingerprint density at radius 3 is 2.42 bits per heavy atom. The second-order valence-corrected chi connectivity index (χ2v) is 10.8. The van der Waals surface area contributed by atoms with Crippen LogP contribution < -0.4 is 0 Å². The van der Waals surface area contributed by atoms with E-state index in [0.29, 0.717) is 30.0 Å². The topological polar surface area (TPSA) is 46.5 Å². The highest BCUT2D eigenvalue weighted by Crippen LogP contribution is 2.78. The van der Waals surface area contributed by atoms with E-state index in [1.165, 1.54) is 44.9 Å². The van der Waals surface area contributed by atoms with Crippen molar-refractivity contribution in [1.29, 1.82) is 0 Å². The van der Waals surface area contributed by atoms with Crippen LogP contribution in [0.2, 0.25) is 0 Å². The summed E-state index contributed by atoms with van der Waals surface area (Å²) in [7, 11) is 1.84. The Kier molecular flexibility index (Phi) is 3.78. The first-order valence-corrected chi connectivity index (χ1v) is 11.2. The van der Waals surface area contributed by atoms with Crippen molar-refractivity contribution in [3.8, 4) is 0 Å². The van der Waals surface area contributed by atoms with Crippen molar-refractivity contribution in [3.05, 3.63) is 0 Å². The molecule has 0 heterocycles. The summed E-state index contributed by atoms with van der Waals surface area (Å²) in [4.78, 5) is 14.0. The van der Waals surface area contributed by atoms with Crippen LogP contribution in [0.15, 0.2) is 0 Å². The van der Waals surface area contributed by atoms with Crippen molar-refractivity contribution in [1.82, 2.24) is 0 Å². The van der Waals surface area contributed by atoms with E-state index < -0.39 is 0 Å². The molecule has 0 aromatic rings. The second-order valence-electron chi connectivity index (χ2n) is 10.8. The van der Waals surface area contributed by atoms with Crippen LogP contribution in [0.3, 0.4) is 0 Å². The first-order chi connectivity index (χ1) is 12.4. The molecule has 5 rings (SSSR count). The Morgan fingerprint density at radius 1 is 1.04 bits per heavy atom. The van der Waals surface area contributed by atoms with Crippen LogP contribution in [-0.4, -0.2) is 30.2 Å². The fourth-order valence-corrected chi connectivity index (χ4v) is 8.78. The molecule has 0 radical (unpaired) electrons. The van der Waals surface area contributed by atoms with Crippen LogP contribution in [0.5, 0.6) is 0 Å². The van der Waals surface area contributed by atoms with Crippen LogP contribution >= 0.6 is 0 Å². The maximum absolute atomic E-state index is 14.0. The molecule has 0 aliphatic heterocycles. The largest absolute Gasteiger partial charge is 0.392 e. The Labute approximate surface area is 158 Å². The summed E-state index contributed by atoms with van der Waals surface area (Å²) in [6.45, 7) is 4.46. The first-order valence-electron chi connectivity index (χ1n) is 11.2. The first kappa shape index (κ1) is 17.7. The lowest BCUT2D eigenvalue weighted by Gasteiger charge is -2.55. The molecule has 2 bridgehead atoms. The molecular weight excluding hydrogens is 324 g/mol. The molecule has 3 nitrogen and oxygen atoms in total. The van der Waals surface area contributed by atoms with Crippen LogP contribution in [0.1, 0.15) is 78.1 Å². The maximum Gasteiger partial charge on any atom is 0.142 e. The summed E-state index contributed by atoms with van der Waals surface area (Å²) >= 11 is 0. The Morgan fingerprint density at radius 2 is 1.73 bits per heavy atom. The fraction of sp³-hybridized carbons (Fsp3) is 0.957. The molecule has 26 heavy (non-hydrogen) atoms. The highest BCUT2D eigenvalue weighted by atomic mass is 16.5. The Bertz CT molecular complexity index is 611. The molecule has 8 atom stereocenters. The molecule has 0 amide bonds. The van der Waals surface area contributed by atoms with E-state index in [1.807, 2.05) is 7.11 Å². The van der Waals surface area contributed by atoms with Crippen LogP contribution in [0.25, 0.3) is 0 Å². The number of carbonyl (C=O) groups excluding carboxylic acids is 1. The smallest absolute Gasteiger partial charge is 0.142 e. The minimum atomic E-state index is -0.324. The SMILES string of the molecule is CO[C@@H]1CCC23CC[C@H]4C[C@@]4(C12)[C@H](O)C[C@@](C)(C1CCCC1)C(=O)[C@@H]3C. The Hall–Kier alpha value is -0.410. The molecule has 5 fully saturated rings. The number of Topliss-reactive ketones (excluding diaryl/α,β-unsaturated/α-hetero) is 1. The zero-order chi connectivity index (χ0) is 18.3. The third-order valence-corrected chi connectivity index (χ3v) is 10.2. The van der Waals surface area contributed by atoms with Gasteiger partial charge in [-0.25, -0.2) is 0 Å². The minimum absolute atomic E-state index is 0.0459. The number of aliphatic hydroxyl groups is 1. The molecule has 146 valence electrons. The summed E-state index contributed by atoms with van der Waals surface area (Å²) in [6, 6.07) is 0. The number of rotatable bonds is 2. The van der Waals surface area contributed by atoms with Gasteiger partial charge in [0, 0.05) is 23.9 Å². The van der Waals surface area contributed by atoms with E-state index in [9.17, 15) is 9.90 Å². The lowest BCUT2D eigenvalue weighted by atomic mass is 9.49. The van der Waals surface area contributed by atoms with Crippen LogP contribution in [-0.2, 0) is 9.53 Å². The number of ether oxygens (including phenoxy) is 1. The van der Waals surface area contributed by atoms with Gasteiger partial charge in [-0.05, 0) is 74.5 Å². The van der Waals surface area contributed by atoms with Gasteiger partial charge in [0.1, 0.15) is 5.78 Å². The van der Waals surface area contributed by atoms with Gasteiger partial charge in [-0.3, -0.25) is 4.79 Å². The zero-order valence-corrected chi connectivity index (χ0v) is 16.8. The normalized spacial score (nSPS) is 56.6. The van der Waals surface area contributed by atoms with Crippen molar-refractivity contribution in [2.45, 2.75) is 90.3 Å². The molecule has 5 aliphatic carbocycles. The van der Waals surface area contributed by atoms with Gasteiger partial charge in [0.25, 0.3) is 0 Å². The maximum atomic E-state index is 14.0. The van der Waals surface area contributed by atoms with Gasteiger partial charge < -0.3 is 9.84 Å². The predicted octanol–water partition coefficient (Wildman–Crippen LogP) is 4.36. The molecule has 0 aromatic carbocycles. The van der Waals surface area contributed by atoms with Gasteiger partial charge in [0.2, 0.25) is 0 Å². The molecule has 2 unspecified atom stereocenters. The third kappa shape index (κ3) is 1.95. The lowest BCUT2D eigenvalue weighted by Crippen LogP contribution is -2.57. The van der Waals surface area contributed by atoms with E-state index in [1.54, 1.807) is 0 Å². The summed E-state index contributed by atoms with van der Waals surface area (Å²) in [5.41, 5.74) is -0.202. The van der Waals surface area contributed by atoms with Gasteiger partial charge in [-0.15, -0.1) is 0 Å².